The SMILES string of the molecule is Nc1nc2c(ncn2[C@@H]2O[C@H](CCO)[C@@H](F)[C@H]2[P@](=O)(S)OC[C@H]2O[C@@H](n3cnc4c(N)ncnc43)[C@@H](F)[C@@H]2O)c(=O)[nH]1. The molecule has 4 aromatic rings. The molecule has 0 spiro atoms. The Morgan fingerprint density at radius 2 is 1.74 bits per heavy atom. The highest BCUT2D eigenvalue weighted by atomic mass is 32.7. The highest BCUT2D eigenvalue weighted by molar-refractivity contribution is 8.46. The van der Waals surface area contributed by atoms with E-state index in [1.165, 1.54) is 15.5 Å². The third-order valence-electron chi connectivity index (χ3n) is 7.18. The maximum atomic E-state index is 15.7. The van der Waals surface area contributed by atoms with Crippen molar-refractivity contribution < 1.29 is 37.6 Å². The van der Waals surface area contributed by atoms with Gasteiger partial charge in [0, 0.05) is 6.61 Å². The molecule has 2 fully saturated rings. The summed E-state index contributed by atoms with van der Waals surface area (Å²) in [6.07, 6.45) is -7.73. The van der Waals surface area contributed by atoms with Gasteiger partial charge in [-0.3, -0.25) is 23.5 Å². The number of thiol groups is 1. The van der Waals surface area contributed by atoms with Gasteiger partial charge in [0.15, 0.2) is 41.3 Å². The number of rotatable bonds is 8. The third kappa shape index (κ3) is 4.72. The average molecular weight is 631 g/mol. The van der Waals surface area contributed by atoms with E-state index < -0.39 is 74.1 Å². The lowest BCUT2D eigenvalue weighted by atomic mass is 10.1. The molecule has 7 N–H and O–H groups in total. The molecule has 2 aliphatic heterocycles. The fraction of sp³-hybridized carbons (Fsp3) is 0.524. The standard InChI is InChI=1S/C21H25F2N10O7PS/c22-9-7(1-2-34)39-20(33-6-29-12-17(33)30-21(25)31-18(12)36)14(9)41(37,42)38-3-8-13(35)10(23)19(40-8)32-5-28-11-15(24)26-4-27-16(11)32/h4-10,13-14,19-20,34-35H,1-3H2,(H,37,42)(H2,24,26,27)(H3,25,30,31,36)/t7-,8-,9-,10+,13-,14-,19-,20-,41-/m1/s1. The molecule has 17 nitrogen and oxygen atoms in total. The van der Waals surface area contributed by atoms with Crippen LogP contribution in [0.3, 0.4) is 0 Å². The van der Waals surface area contributed by atoms with Gasteiger partial charge in [0.1, 0.15) is 35.9 Å². The maximum Gasteiger partial charge on any atom is 0.280 e. The lowest BCUT2D eigenvalue weighted by Crippen LogP contribution is -2.33. The van der Waals surface area contributed by atoms with Gasteiger partial charge in [-0.15, -0.1) is 0 Å². The van der Waals surface area contributed by atoms with Gasteiger partial charge in [0.2, 0.25) is 5.95 Å². The van der Waals surface area contributed by atoms with Crippen molar-refractivity contribution in [3.8, 4) is 0 Å². The van der Waals surface area contributed by atoms with Crippen LogP contribution in [0.15, 0.2) is 23.8 Å². The number of alkyl halides is 2. The molecule has 9 atom stereocenters. The minimum absolute atomic E-state index is 0.0605. The Balaban J connectivity index is 1.25. The van der Waals surface area contributed by atoms with Crippen LogP contribution < -0.4 is 17.0 Å². The van der Waals surface area contributed by atoms with Gasteiger partial charge >= 0.3 is 0 Å². The van der Waals surface area contributed by atoms with E-state index in [-0.39, 0.29) is 40.5 Å². The van der Waals surface area contributed by atoms with E-state index in [2.05, 4.69) is 42.2 Å². The van der Waals surface area contributed by atoms with E-state index in [4.69, 9.17) is 25.5 Å². The van der Waals surface area contributed by atoms with Crippen molar-refractivity contribution in [2.75, 3.05) is 24.7 Å². The van der Waals surface area contributed by atoms with Crippen LogP contribution in [-0.2, 0) is 18.6 Å². The number of halogens is 2. The number of imidazole rings is 2. The van der Waals surface area contributed by atoms with Crippen LogP contribution in [0.1, 0.15) is 18.9 Å². The van der Waals surface area contributed by atoms with Crippen LogP contribution in [-0.4, -0.2) is 98.8 Å². The van der Waals surface area contributed by atoms with Gasteiger partial charge in [-0.1, -0.05) is 12.2 Å². The Morgan fingerprint density at radius 3 is 2.48 bits per heavy atom. The first-order valence-electron chi connectivity index (χ1n) is 12.5. The third-order valence-corrected chi connectivity index (χ3v) is 10.1. The van der Waals surface area contributed by atoms with Crippen molar-refractivity contribution in [3.05, 3.63) is 29.3 Å². The van der Waals surface area contributed by atoms with E-state index in [1.54, 1.807) is 0 Å². The summed E-state index contributed by atoms with van der Waals surface area (Å²) in [6.45, 7) is -5.43. The van der Waals surface area contributed by atoms with Crippen LogP contribution in [0.5, 0.6) is 0 Å². The molecule has 6 rings (SSSR count). The number of hydrogen-bond acceptors (Lipinski definition) is 14. The molecule has 2 saturated heterocycles. The van der Waals surface area contributed by atoms with Crippen molar-refractivity contribution in [1.82, 2.24) is 39.0 Å². The Labute approximate surface area is 238 Å². The number of aromatic amines is 1. The largest absolute Gasteiger partial charge is 0.396 e. The van der Waals surface area contributed by atoms with E-state index in [9.17, 15) is 19.6 Å². The zero-order valence-electron chi connectivity index (χ0n) is 21.3. The molecule has 0 unspecified atom stereocenters. The van der Waals surface area contributed by atoms with Gasteiger partial charge in [-0.25, -0.2) is 28.7 Å². The highest BCUT2D eigenvalue weighted by Gasteiger charge is 2.56. The summed E-state index contributed by atoms with van der Waals surface area (Å²) in [5, 5.41) is 20.0. The fourth-order valence-corrected chi connectivity index (χ4v) is 7.70. The van der Waals surface area contributed by atoms with E-state index in [0.29, 0.717) is 0 Å². The first-order valence-corrected chi connectivity index (χ1v) is 15.4. The second-order valence-corrected chi connectivity index (χ2v) is 13.4. The first-order chi connectivity index (χ1) is 20.0. The summed E-state index contributed by atoms with van der Waals surface area (Å²) in [5.74, 6) is -0.189. The van der Waals surface area contributed by atoms with Crippen molar-refractivity contribution in [2.24, 2.45) is 0 Å². The number of fused-ring (bicyclic) bond motifs is 2. The number of H-pyrrole nitrogens is 1. The molecule has 0 radical (unpaired) electrons. The number of aliphatic hydroxyl groups is 2. The number of aliphatic hydroxyl groups excluding tert-OH is 2. The molecule has 226 valence electrons. The second-order valence-electron chi connectivity index (χ2n) is 9.73. The van der Waals surface area contributed by atoms with Gasteiger partial charge < -0.3 is 35.7 Å². The molecule has 21 heteroatoms. The lowest BCUT2D eigenvalue weighted by molar-refractivity contribution is -0.0412. The van der Waals surface area contributed by atoms with Crippen LogP contribution in [0, 0.1) is 0 Å². The summed E-state index contributed by atoms with van der Waals surface area (Å²) in [5.41, 5.74) is 9.32. The van der Waals surface area contributed by atoms with Gasteiger partial charge in [0.05, 0.1) is 25.4 Å². The highest BCUT2D eigenvalue weighted by Crippen LogP contribution is 2.64. The average Bonchev–Trinajstić information content (AvgIpc) is 3.69. The normalized spacial score (nSPS) is 31.3. The van der Waals surface area contributed by atoms with Crippen LogP contribution in [0.25, 0.3) is 22.3 Å². The molecule has 4 aromatic heterocycles. The summed E-state index contributed by atoms with van der Waals surface area (Å²) in [6, 6.07) is 0. The zero-order valence-corrected chi connectivity index (χ0v) is 23.1. The van der Waals surface area contributed by atoms with E-state index in [1.807, 2.05) is 0 Å². The number of aromatic nitrogens is 8. The molecular formula is C21H25F2N10O7PS. The molecule has 0 aliphatic carbocycles. The lowest BCUT2D eigenvalue weighted by Gasteiger charge is -2.27. The summed E-state index contributed by atoms with van der Waals surface area (Å²) in [4.78, 5) is 34.5. The smallest absolute Gasteiger partial charge is 0.280 e. The monoisotopic (exact) mass is 630 g/mol. The Hall–Kier alpha value is -3.26. The Kier molecular flexibility index (Phi) is 7.40. The summed E-state index contributed by atoms with van der Waals surface area (Å²) in [7, 11) is 0. The van der Waals surface area contributed by atoms with Crippen LogP contribution in [0.2, 0.25) is 0 Å². The minimum atomic E-state index is -4.33. The van der Waals surface area contributed by atoms with Crippen molar-refractivity contribution in [2.45, 2.75) is 55.2 Å². The number of hydrogen-bond donors (Lipinski definition) is 6. The van der Waals surface area contributed by atoms with Crippen LogP contribution in [0.4, 0.5) is 20.5 Å². The zero-order chi connectivity index (χ0) is 29.9. The quantitative estimate of drug-likeness (QED) is 0.110. The molecular weight excluding hydrogens is 605 g/mol. The number of nitrogens with two attached hydrogens (primary N) is 2. The predicted molar refractivity (Wildman–Crippen MR) is 144 cm³/mol. The molecule has 6 heterocycles. The number of nitrogens with zero attached hydrogens (tertiary/aromatic N) is 7. The maximum absolute atomic E-state index is 15.7. The molecule has 0 saturated carbocycles. The predicted octanol–water partition coefficient (Wildman–Crippen LogP) is -0.154. The van der Waals surface area contributed by atoms with Crippen LogP contribution >= 0.6 is 18.8 Å². The van der Waals surface area contributed by atoms with E-state index >= 15 is 8.78 Å². The molecule has 0 amide bonds. The Bertz CT molecular complexity index is 1740. The fourth-order valence-electron chi connectivity index (χ4n) is 5.15. The summed E-state index contributed by atoms with van der Waals surface area (Å²) >= 11 is 4.17. The first kappa shape index (κ1) is 28.8. The Morgan fingerprint density at radius 1 is 1.05 bits per heavy atom. The molecule has 0 aromatic carbocycles. The van der Waals surface area contributed by atoms with Gasteiger partial charge in [-0.2, -0.15) is 4.98 Å². The number of nitrogens with one attached hydrogen (secondary N) is 1. The molecule has 2 aliphatic rings. The second kappa shape index (κ2) is 10.8. The van der Waals surface area contributed by atoms with Crippen molar-refractivity contribution in [3.63, 3.8) is 0 Å². The molecule has 0 bridgehead atoms. The number of nitrogen functional groups attached to an aromatic ring is 2. The van der Waals surface area contributed by atoms with Gasteiger partial charge in [0.25, 0.3) is 12.1 Å². The number of ether oxygens (including phenoxy) is 2. The minimum Gasteiger partial charge on any atom is -0.396 e. The van der Waals surface area contributed by atoms with Gasteiger partial charge in [-0.05, 0) is 6.42 Å². The number of anilines is 2. The summed E-state index contributed by atoms with van der Waals surface area (Å²) < 4.78 is 64.2. The van der Waals surface area contributed by atoms with Crippen molar-refractivity contribution in [1.29, 1.82) is 0 Å². The van der Waals surface area contributed by atoms with E-state index in [0.717, 1.165) is 12.7 Å². The topological polar surface area (TPSA) is 244 Å². The molecule has 42 heavy (non-hydrogen) atoms. The van der Waals surface area contributed by atoms with Crippen molar-refractivity contribution >= 4 is 52.9 Å².